The molecule has 0 N–H and O–H groups in total. The molecule has 0 fully saturated rings. The van der Waals surface area contributed by atoms with Gasteiger partial charge in [-0.25, -0.2) is 0 Å². The summed E-state index contributed by atoms with van der Waals surface area (Å²) in [5.41, 5.74) is 0. The third kappa shape index (κ3) is 59.4. The Balaban J connectivity index is 0. The van der Waals surface area contributed by atoms with Gasteiger partial charge in [0.25, 0.3) is 0 Å². The van der Waals surface area contributed by atoms with Crippen LogP contribution in [0.1, 0.15) is 0 Å². The summed E-state index contributed by atoms with van der Waals surface area (Å²) in [6, 6.07) is 0. The van der Waals surface area contributed by atoms with Gasteiger partial charge in [0.1, 0.15) is 0 Å². The predicted molar refractivity (Wildman–Crippen MR) is 25.7 cm³/mol. The fourth-order valence-corrected chi connectivity index (χ4v) is 0. The fraction of sp³-hybridized carbons (Fsp3) is 0. The molecule has 0 saturated carbocycles. The molecule has 0 aromatic rings. The molecule has 0 saturated heterocycles. The second kappa shape index (κ2) is 108. The van der Waals surface area contributed by atoms with Crippen LogP contribution >= 0.6 is 0 Å². The van der Waals surface area contributed by atoms with E-state index < -0.39 is 0 Å². The van der Waals surface area contributed by atoms with Crippen LogP contribution in [0, 0.1) is 29.7 Å². The number of hydrogen-bond donors (Lipinski definition) is 0. The SMILES string of the molecule is [CH3-].[CH3-].[CH3-].[CH3-].[V].[W]. The Labute approximate surface area is 69.2 Å². The third-order valence-corrected chi connectivity index (χ3v) is 0. The molecule has 2 heteroatoms. The van der Waals surface area contributed by atoms with Gasteiger partial charge in [0, 0.05) is 39.6 Å². The van der Waals surface area contributed by atoms with E-state index in [-0.39, 0.29) is 69.3 Å². The van der Waals surface area contributed by atoms with Crippen LogP contribution in [0.4, 0.5) is 0 Å². The molecule has 0 unspecified atom stereocenters. The van der Waals surface area contributed by atoms with Crippen molar-refractivity contribution >= 4 is 0 Å². The molecule has 0 amide bonds. The van der Waals surface area contributed by atoms with Crippen LogP contribution in [0.3, 0.4) is 0 Å². The first-order chi connectivity index (χ1) is 0. The van der Waals surface area contributed by atoms with Crippen LogP contribution in [-0.2, 0) is 39.6 Å². The van der Waals surface area contributed by atoms with Gasteiger partial charge in [-0.1, -0.05) is 0 Å². The zero-order chi connectivity index (χ0) is 0. The largest absolute Gasteiger partial charge is 0.358 e. The summed E-state index contributed by atoms with van der Waals surface area (Å²) in [6.45, 7) is 0. The van der Waals surface area contributed by atoms with Crippen molar-refractivity contribution in [3.63, 3.8) is 0 Å². The van der Waals surface area contributed by atoms with Gasteiger partial charge < -0.3 is 29.7 Å². The monoisotopic (exact) mass is 295 g/mol. The Morgan fingerprint density at radius 2 is 0.500 bits per heavy atom. The molecule has 0 nitrogen and oxygen atoms in total. The molecule has 0 aromatic heterocycles. The summed E-state index contributed by atoms with van der Waals surface area (Å²) in [5.74, 6) is 0. The van der Waals surface area contributed by atoms with E-state index in [0.717, 1.165) is 0 Å². The predicted octanol–water partition coefficient (Wildman–Crippen LogP) is 1.80. The van der Waals surface area contributed by atoms with Crippen LogP contribution < -0.4 is 0 Å². The first-order valence-corrected chi connectivity index (χ1v) is 0. The van der Waals surface area contributed by atoms with E-state index in [1.54, 1.807) is 0 Å². The molecule has 43 valence electrons. The molecule has 0 heterocycles. The van der Waals surface area contributed by atoms with Crippen LogP contribution in [0.5, 0.6) is 0 Å². The van der Waals surface area contributed by atoms with E-state index in [4.69, 9.17) is 0 Å². The molecule has 0 aliphatic rings. The van der Waals surface area contributed by atoms with Gasteiger partial charge in [-0.3, -0.25) is 0 Å². The molecular weight excluding hydrogens is 283 g/mol. The Morgan fingerprint density at radius 1 is 0.500 bits per heavy atom. The van der Waals surface area contributed by atoms with Crippen molar-refractivity contribution < 1.29 is 39.6 Å². The average molecular weight is 295 g/mol. The van der Waals surface area contributed by atoms with Gasteiger partial charge >= 0.3 is 0 Å². The quantitative estimate of drug-likeness (QED) is 0.598. The van der Waals surface area contributed by atoms with E-state index in [9.17, 15) is 0 Å². The minimum Gasteiger partial charge on any atom is -0.358 e. The Hall–Kier alpha value is 1.27. The fourth-order valence-electron chi connectivity index (χ4n) is 0. The summed E-state index contributed by atoms with van der Waals surface area (Å²) in [7, 11) is 0. The van der Waals surface area contributed by atoms with Crippen molar-refractivity contribution in [1.82, 2.24) is 0 Å². The van der Waals surface area contributed by atoms with E-state index in [1.165, 1.54) is 0 Å². The van der Waals surface area contributed by atoms with E-state index >= 15 is 0 Å². The van der Waals surface area contributed by atoms with E-state index in [0.29, 0.717) is 0 Å². The van der Waals surface area contributed by atoms with Crippen molar-refractivity contribution in [1.29, 1.82) is 0 Å². The van der Waals surface area contributed by atoms with Crippen LogP contribution in [-0.4, -0.2) is 0 Å². The van der Waals surface area contributed by atoms with Crippen molar-refractivity contribution in [2.24, 2.45) is 0 Å². The molecule has 0 atom stereocenters. The summed E-state index contributed by atoms with van der Waals surface area (Å²) in [6.07, 6.45) is 0. The zero-order valence-corrected chi connectivity index (χ0v) is 9.19. The van der Waals surface area contributed by atoms with Gasteiger partial charge in [-0.05, 0) is 0 Å². The average Bonchev–Trinajstić information content (AvgIpc) is 0. The Morgan fingerprint density at radius 3 is 0.500 bits per heavy atom. The molecule has 6 heavy (non-hydrogen) atoms. The van der Waals surface area contributed by atoms with E-state index in [2.05, 4.69) is 0 Å². The van der Waals surface area contributed by atoms with Gasteiger partial charge in [0.15, 0.2) is 0 Å². The topological polar surface area (TPSA) is 0 Å². The molecule has 0 rings (SSSR count). The van der Waals surface area contributed by atoms with Crippen LogP contribution in [0.25, 0.3) is 0 Å². The number of rotatable bonds is 0. The van der Waals surface area contributed by atoms with Crippen molar-refractivity contribution in [3.8, 4) is 0 Å². The maximum Gasteiger partial charge on any atom is 0 e. The maximum atomic E-state index is 0. The second-order valence-electron chi connectivity index (χ2n) is 0. The first kappa shape index (κ1) is 177. The minimum atomic E-state index is 0. The van der Waals surface area contributed by atoms with Crippen molar-refractivity contribution in [2.45, 2.75) is 0 Å². The summed E-state index contributed by atoms with van der Waals surface area (Å²) < 4.78 is 0. The van der Waals surface area contributed by atoms with E-state index in [1.807, 2.05) is 0 Å². The molecular formula is C4H12VW-4. The molecule has 0 spiro atoms. The van der Waals surface area contributed by atoms with Crippen molar-refractivity contribution in [3.05, 3.63) is 29.7 Å². The number of hydrogen-bond acceptors (Lipinski definition) is 0. The molecule has 0 aromatic carbocycles. The standard InChI is InChI=1S/4CH3.V.W/h4*1H3;;/q4*-1;;. The summed E-state index contributed by atoms with van der Waals surface area (Å²) in [5, 5.41) is 0. The summed E-state index contributed by atoms with van der Waals surface area (Å²) in [4.78, 5) is 0. The molecule has 0 aliphatic carbocycles. The van der Waals surface area contributed by atoms with Gasteiger partial charge in [-0.2, -0.15) is 0 Å². The summed E-state index contributed by atoms with van der Waals surface area (Å²) >= 11 is 0. The van der Waals surface area contributed by atoms with Crippen LogP contribution in [0.15, 0.2) is 0 Å². The Bertz CT molecular complexity index is 7.51. The van der Waals surface area contributed by atoms with Crippen LogP contribution in [0.2, 0.25) is 0 Å². The minimum absolute atomic E-state index is 0. The second-order valence-corrected chi connectivity index (χ2v) is 0. The third-order valence-electron chi connectivity index (χ3n) is 0. The first-order valence-electron chi connectivity index (χ1n) is 0. The smallest absolute Gasteiger partial charge is 0 e. The van der Waals surface area contributed by atoms with Gasteiger partial charge in [0.05, 0.1) is 0 Å². The maximum absolute atomic E-state index is 0. The van der Waals surface area contributed by atoms with Gasteiger partial charge in [-0.15, -0.1) is 0 Å². The molecule has 0 aliphatic heterocycles. The van der Waals surface area contributed by atoms with Gasteiger partial charge in [0.2, 0.25) is 0 Å². The Kier molecular flexibility index (Phi) is 3170. The van der Waals surface area contributed by atoms with Crippen molar-refractivity contribution in [2.75, 3.05) is 0 Å². The zero-order valence-electron chi connectivity index (χ0n) is 4.86. The normalized spacial score (nSPS) is 0. The molecule has 1 radical (unpaired) electrons. The molecule has 0 bridgehead atoms.